The molecule has 6 nitrogen and oxygen atoms in total. The Morgan fingerprint density at radius 2 is 2.05 bits per heavy atom. The molecule has 0 spiro atoms. The van der Waals surface area contributed by atoms with Gasteiger partial charge in [-0.3, -0.25) is 4.90 Å². The van der Waals surface area contributed by atoms with Gasteiger partial charge in [0.15, 0.2) is 0 Å². The Hall–Kier alpha value is -1.40. The molecule has 1 aromatic rings. The maximum atomic E-state index is 9.04. The SMILES string of the molecule is Nc1cc(N2CCCN(CCO)CC2)nc(C2CC2)n1. The van der Waals surface area contributed by atoms with E-state index in [1.54, 1.807) is 0 Å². The molecule has 20 heavy (non-hydrogen) atoms. The van der Waals surface area contributed by atoms with Crippen LogP contribution >= 0.6 is 0 Å². The van der Waals surface area contributed by atoms with Gasteiger partial charge in [0.25, 0.3) is 0 Å². The van der Waals surface area contributed by atoms with E-state index in [1.807, 2.05) is 6.07 Å². The summed E-state index contributed by atoms with van der Waals surface area (Å²) in [5.41, 5.74) is 5.92. The number of aliphatic hydroxyl groups is 1. The third-order valence-corrected chi connectivity index (χ3v) is 4.02. The molecule has 1 aliphatic carbocycles. The van der Waals surface area contributed by atoms with E-state index >= 15 is 0 Å². The quantitative estimate of drug-likeness (QED) is 0.831. The first-order valence-corrected chi connectivity index (χ1v) is 7.49. The van der Waals surface area contributed by atoms with Crippen LogP contribution in [0.2, 0.25) is 0 Å². The predicted molar refractivity (Wildman–Crippen MR) is 78.8 cm³/mol. The van der Waals surface area contributed by atoms with E-state index in [0.717, 1.165) is 50.8 Å². The molecule has 3 rings (SSSR count). The fraction of sp³-hybridized carbons (Fsp3) is 0.714. The maximum absolute atomic E-state index is 9.04. The summed E-state index contributed by atoms with van der Waals surface area (Å²) >= 11 is 0. The van der Waals surface area contributed by atoms with Crippen molar-refractivity contribution in [2.24, 2.45) is 0 Å². The Labute approximate surface area is 119 Å². The molecule has 0 bridgehead atoms. The molecule has 1 saturated carbocycles. The van der Waals surface area contributed by atoms with Crippen LogP contribution in [0.5, 0.6) is 0 Å². The molecule has 0 aromatic carbocycles. The monoisotopic (exact) mass is 277 g/mol. The number of nitrogen functional groups attached to an aromatic ring is 1. The summed E-state index contributed by atoms with van der Waals surface area (Å²) in [4.78, 5) is 13.6. The molecular weight excluding hydrogens is 254 g/mol. The molecule has 1 aliphatic heterocycles. The molecule has 2 aliphatic rings. The van der Waals surface area contributed by atoms with E-state index in [2.05, 4.69) is 14.8 Å². The highest BCUT2D eigenvalue weighted by atomic mass is 16.3. The highest BCUT2D eigenvalue weighted by molar-refractivity contribution is 5.47. The second-order valence-corrected chi connectivity index (χ2v) is 5.69. The highest BCUT2D eigenvalue weighted by Gasteiger charge is 2.28. The van der Waals surface area contributed by atoms with Crippen LogP contribution in [0.25, 0.3) is 0 Å². The Balaban J connectivity index is 1.71. The lowest BCUT2D eigenvalue weighted by molar-refractivity contribution is 0.204. The van der Waals surface area contributed by atoms with Crippen LogP contribution in [-0.4, -0.2) is 59.3 Å². The number of hydrogen-bond donors (Lipinski definition) is 2. The van der Waals surface area contributed by atoms with E-state index in [0.29, 0.717) is 11.7 Å². The van der Waals surface area contributed by atoms with E-state index < -0.39 is 0 Å². The second kappa shape index (κ2) is 5.93. The molecule has 0 atom stereocenters. The zero-order valence-corrected chi connectivity index (χ0v) is 11.8. The van der Waals surface area contributed by atoms with Crippen LogP contribution < -0.4 is 10.6 Å². The van der Waals surface area contributed by atoms with Gasteiger partial charge in [0.1, 0.15) is 17.5 Å². The molecule has 6 heteroatoms. The van der Waals surface area contributed by atoms with Crippen molar-refractivity contribution in [2.75, 3.05) is 50.0 Å². The minimum atomic E-state index is 0.228. The van der Waals surface area contributed by atoms with Crippen LogP contribution in [0.3, 0.4) is 0 Å². The topological polar surface area (TPSA) is 78.5 Å². The third-order valence-electron chi connectivity index (χ3n) is 4.02. The van der Waals surface area contributed by atoms with Gasteiger partial charge in [0.05, 0.1) is 6.61 Å². The summed E-state index contributed by atoms with van der Waals surface area (Å²) < 4.78 is 0. The van der Waals surface area contributed by atoms with Crippen LogP contribution in [0.15, 0.2) is 6.07 Å². The molecule has 2 heterocycles. The number of nitrogens with zero attached hydrogens (tertiary/aromatic N) is 4. The first-order valence-electron chi connectivity index (χ1n) is 7.49. The Morgan fingerprint density at radius 1 is 1.20 bits per heavy atom. The van der Waals surface area contributed by atoms with Crippen molar-refractivity contribution in [3.8, 4) is 0 Å². The Kier molecular flexibility index (Phi) is 4.03. The van der Waals surface area contributed by atoms with E-state index in [1.165, 1.54) is 12.8 Å². The molecule has 0 unspecified atom stereocenters. The van der Waals surface area contributed by atoms with E-state index in [4.69, 9.17) is 15.8 Å². The van der Waals surface area contributed by atoms with Gasteiger partial charge < -0.3 is 15.7 Å². The van der Waals surface area contributed by atoms with E-state index in [-0.39, 0.29) is 6.61 Å². The van der Waals surface area contributed by atoms with Crippen molar-refractivity contribution in [1.29, 1.82) is 0 Å². The van der Waals surface area contributed by atoms with Crippen LogP contribution in [0.1, 0.15) is 31.0 Å². The summed E-state index contributed by atoms with van der Waals surface area (Å²) in [6.45, 7) is 4.90. The lowest BCUT2D eigenvalue weighted by atomic mass is 10.3. The van der Waals surface area contributed by atoms with Gasteiger partial charge in [-0.15, -0.1) is 0 Å². The summed E-state index contributed by atoms with van der Waals surface area (Å²) in [5, 5.41) is 9.04. The second-order valence-electron chi connectivity index (χ2n) is 5.69. The molecule has 110 valence electrons. The summed E-state index contributed by atoms with van der Waals surface area (Å²) in [7, 11) is 0. The van der Waals surface area contributed by atoms with Gasteiger partial charge in [-0.05, 0) is 25.8 Å². The molecule has 1 aromatic heterocycles. The first kappa shape index (κ1) is 13.6. The van der Waals surface area contributed by atoms with Crippen molar-refractivity contribution in [2.45, 2.75) is 25.2 Å². The van der Waals surface area contributed by atoms with Gasteiger partial charge in [-0.1, -0.05) is 0 Å². The lowest BCUT2D eigenvalue weighted by Crippen LogP contribution is -2.32. The van der Waals surface area contributed by atoms with Crippen LogP contribution in [0, 0.1) is 0 Å². The number of aromatic nitrogens is 2. The zero-order chi connectivity index (χ0) is 13.9. The van der Waals surface area contributed by atoms with E-state index in [9.17, 15) is 0 Å². The maximum Gasteiger partial charge on any atom is 0.136 e. The highest BCUT2D eigenvalue weighted by Crippen LogP contribution is 2.38. The average molecular weight is 277 g/mol. The normalized spacial score (nSPS) is 20.9. The number of hydrogen-bond acceptors (Lipinski definition) is 6. The molecule has 0 radical (unpaired) electrons. The van der Waals surface area contributed by atoms with Gasteiger partial charge in [0.2, 0.25) is 0 Å². The molecule has 3 N–H and O–H groups in total. The first-order chi connectivity index (χ1) is 9.76. The fourth-order valence-electron chi connectivity index (χ4n) is 2.72. The Morgan fingerprint density at radius 3 is 2.80 bits per heavy atom. The number of aliphatic hydroxyl groups excluding tert-OH is 1. The number of rotatable bonds is 4. The van der Waals surface area contributed by atoms with Crippen molar-refractivity contribution in [3.05, 3.63) is 11.9 Å². The predicted octanol–water partition coefficient (Wildman–Crippen LogP) is 0.441. The minimum Gasteiger partial charge on any atom is -0.395 e. The average Bonchev–Trinajstić information content (AvgIpc) is 3.26. The molecule has 2 fully saturated rings. The molecule has 1 saturated heterocycles. The smallest absolute Gasteiger partial charge is 0.136 e. The summed E-state index contributed by atoms with van der Waals surface area (Å²) in [5.74, 6) is 2.98. The summed E-state index contributed by atoms with van der Waals surface area (Å²) in [6, 6.07) is 1.88. The van der Waals surface area contributed by atoms with Crippen molar-refractivity contribution < 1.29 is 5.11 Å². The van der Waals surface area contributed by atoms with Crippen LogP contribution in [0.4, 0.5) is 11.6 Å². The van der Waals surface area contributed by atoms with Gasteiger partial charge in [-0.2, -0.15) is 0 Å². The number of β-amino-alcohol motifs (C(OH)–C–C–N with tert-alkyl or cyclic N) is 1. The standard InChI is InChI=1S/C14H23N5O/c15-12-10-13(17-14(16-12)11-2-3-11)19-5-1-4-18(6-7-19)8-9-20/h10-11,20H,1-9H2,(H2,15,16,17). The van der Waals surface area contributed by atoms with Crippen molar-refractivity contribution in [1.82, 2.24) is 14.9 Å². The van der Waals surface area contributed by atoms with Crippen molar-refractivity contribution in [3.63, 3.8) is 0 Å². The molecular formula is C14H23N5O. The van der Waals surface area contributed by atoms with Crippen LogP contribution in [-0.2, 0) is 0 Å². The number of nitrogens with two attached hydrogens (primary N) is 1. The fourth-order valence-corrected chi connectivity index (χ4v) is 2.72. The Bertz CT molecular complexity index is 463. The lowest BCUT2D eigenvalue weighted by Gasteiger charge is -2.23. The third kappa shape index (κ3) is 3.19. The summed E-state index contributed by atoms with van der Waals surface area (Å²) in [6.07, 6.45) is 3.46. The van der Waals surface area contributed by atoms with Crippen molar-refractivity contribution >= 4 is 11.6 Å². The van der Waals surface area contributed by atoms with Gasteiger partial charge >= 0.3 is 0 Å². The number of anilines is 2. The molecule has 0 amide bonds. The largest absolute Gasteiger partial charge is 0.395 e. The minimum absolute atomic E-state index is 0.228. The van der Waals surface area contributed by atoms with Gasteiger partial charge in [-0.25, -0.2) is 9.97 Å². The van der Waals surface area contributed by atoms with Gasteiger partial charge in [0, 0.05) is 38.2 Å². The zero-order valence-electron chi connectivity index (χ0n) is 11.8.